The number of benzene rings is 1. The largest absolute Gasteiger partial charge is 0.418 e. The van der Waals surface area contributed by atoms with Crippen molar-refractivity contribution in [3.05, 3.63) is 28.2 Å². The first-order valence-electron chi connectivity index (χ1n) is 6.76. The van der Waals surface area contributed by atoms with E-state index in [0.29, 0.717) is 17.1 Å². The summed E-state index contributed by atoms with van der Waals surface area (Å²) in [6, 6.07) is 4.34. The lowest BCUT2D eigenvalue weighted by Crippen LogP contribution is -2.34. The Bertz CT molecular complexity index is 462. The lowest BCUT2D eigenvalue weighted by atomic mass is 10.1. The number of halogens is 4. The molecule has 1 heterocycles. The summed E-state index contributed by atoms with van der Waals surface area (Å²) in [7, 11) is 0. The lowest BCUT2D eigenvalue weighted by Gasteiger charge is -2.24. The first-order chi connectivity index (χ1) is 9.41. The summed E-state index contributed by atoms with van der Waals surface area (Å²) in [5.74, 6) is 0. The van der Waals surface area contributed by atoms with Crippen LogP contribution in [0.1, 0.15) is 25.3 Å². The molecule has 6 heteroatoms. The number of nitrogens with zero attached hydrogens (tertiary/aromatic N) is 1. The fourth-order valence-corrected chi connectivity index (χ4v) is 3.04. The van der Waals surface area contributed by atoms with Crippen molar-refractivity contribution in [2.24, 2.45) is 0 Å². The van der Waals surface area contributed by atoms with Crippen LogP contribution in [-0.4, -0.2) is 30.6 Å². The van der Waals surface area contributed by atoms with Gasteiger partial charge in [0.1, 0.15) is 0 Å². The van der Waals surface area contributed by atoms with Crippen LogP contribution < -0.4 is 5.32 Å². The van der Waals surface area contributed by atoms with Gasteiger partial charge in [-0.05, 0) is 44.1 Å². The van der Waals surface area contributed by atoms with Crippen LogP contribution in [0, 0.1) is 0 Å². The first kappa shape index (κ1) is 15.6. The first-order valence-corrected chi connectivity index (χ1v) is 7.55. The second-order valence-corrected chi connectivity index (χ2v) is 5.91. The Balaban J connectivity index is 2.10. The molecule has 20 heavy (non-hydrogen) atoms. The van der Waals surface area contributed by atoms with E-state index in [2.05, 4.69) is 33.1 Å². The molecule has 1 N–H and O–H groups in total. The zero-order valence-electron chi connectivity index (χ0n) is 11.3. The number of anilines is 1. The summed E-state index contributed by atoms with van der Waals surface area (Å²) in [6.07, 6.45) is -2.18. The predicted octanol–water partition coefficient (Wildman–Crippen LogP) is 4.36. The minimum Gasteiger partial charge on any atom is -0.383 e. The van der Waals surface area contributed by atoms with E-state index in [1.54, 1.807) is 0 Å². The third-order valence-electron chi connectivity index (χ3n) is 3.72. The molecule has 1 aliphatic rings. The summed E-state index contributed by atoms with van der Waals surface area (Å²) in [5, 5.41) is 2.98. The molecule has 1 aliphatic heterocycles. The van der Waals surface area contributed by atoms with E-state index < -0.39 is 11.7 Å². The van der Waals surface area contributed by atoms with E-state index in [4.69, 9.17) is 0 Å². The Morgan fingerprint density at radius 2 is 2.15 bits per heavy atom. The molecular weight excluding hydrogens is 333 g/mol. The Morgan fingerprint density at radius 1 is 1.40 bits per heavy atom. The number of hydrogen-bond acceptors (Lipinski definition) is 2. The third-order valence-corrected chi connectivity index (χ3v) is 4.21. The van der Waals surface area contributed by atoms with Crippen LogP contribution in [0.5, 0.6) is 0 Å². The number of nitrogens with one attached hydrogen (secondary N) is 1. The molecule has 1 saturated heterocycles. The standard InChI is InChI=1S/C14H18BrF3N2/c1-2-20-7-3-4-11(20)9-19-13-8-10(15)5-6-12(13)14(16,17)18/h5-6,8,11,19H,2-4,7,9H2,1H3. The average Bonchev–Trinajstić information content (AvgIpc) is 2.82. The minimum absolute atomic E-state index is 0.148. The molecule has 2 rings (SSSR count). The second kappa shape index (κ2) is 6.35. The zero-order valence-corrected chi connectivity index (χ0v) is 12.9. The van der Waals surface area contributed by atoms with Gasteiger partial charge in [0.15, 0.2) is 0 Å². The number of hydrogen-bond donors (Lipinski definition) is 1. The Morgan fingerprint density at radius 3 is 2.80 bits per heavy atom. The van der Waals surface area contributed by atoms with Gasteiger partial charge >= 0.3 is 6.18 Å². The van der Waals surface area contributed by atoms with Crippen LogP contribution >= 0.6 is 15.9 Å². The molecule has 1 aromatic carbocycles. The maximum absolute atomic E-state index is 13.0. The summed E-state index contributed by atoms with van der Waals surface area (Å²) in [5.41, 5.74) is -0.462. The van der Waals surface area contributed by atoms with Crippen molar-refractivity contribution in [1.29, 1.82) is 0 Å². The third kappa shape index (κ3) is 3.67. The Hall–Kier alpha value is -0.750. The van der Waals surface area contributed by atoms with Crippen LogP contribution in [0.4, 0.5) is 18.9 Å². The van der Waals surface area contributed by atoms with Gasteiger partial charge in [0, 0.05) is 22.7 Å². The molecule has 0 aliphatic carbocycles. The molecule has 1 unspecified atom stereocenters. The van der Waals surface area contributed by atoms with E-state index in [9.17, 15) is 13.2 Å². The van der Waals surface area contributed by atoms with Gasteiger partial charge in [0.25, 0.3) is 0 Å². The van der Waals surface area contributed by atoms with E-state index in [-0.39, 0.29) is 5.69 Å². The highest BCUT2D eigenvalue weighted by Crippen LogP contribution is 2.36. The maximum atomic E-state index is 13.0. The number of likely N-dealkylation sites (tertiary alicyclic amines) is 1. The van der Waals surface area contributed by atoms with Crippen molar-refractivity contribution in [2.45, 2.75) is 32.0 Å². The van der Waals surface area contributed by atoms with Gasteiger partial charge in [0.05, 0.1) is 5.56 Å². The van der Waals surface area contributed by atoms with Crippen molar-refractivity contribution in [3.8, 4) is 0 Å². The van der Waals surface area contributed by atoms with E-state index in [1.165, 1.54) is 12.1 Å². The molecule has 0 saturated carbocycles. The predicted molar refractivity (Wildman–Crippen MR) is 77.9 cm³/mol. The zero-order chi connectivity index (χ0) is 14.8. The second-order valence-electron chi connectivity index (χ2n) is 4.99. The summed E-state index contributed by atoms with van der Waals surface area (Å²) < 4.78 is 39.5. The van der Waals surface area contributed by atoms with Crippen molar-refractivity contribution in [3.63, 3.8) is 0 Å². The molecule has 112 valence electrons. The van der Waals surface area contributed by atoms with Gasteiger partial charge < -0.3 is 5.32 Å². The maximum Gasteiger partial charge on any atom is 0.418 e. The van der Waals surface area contributed by atoms with Crippen LogP contribution in [-0.2, 0) is 6.18 Å². The lowest BCUT2D eigenvalue weighted by molar-refractivity contribution is -0.137. The molecule has 0 spiro atoms. The van der Waals surface area contributed by atoms with E-state index in [0.717, 1.165) is 32.0 Å². The fourth-order valence-electron chi connectivity index (χ4n) is 2.68. The minimum atomic E-state index is -4.33. The highest BCUT2D eigenvalue weighted by molar-refractivity contribution is 9.10. The van der Waals surface area contributed by atoms with Crippen LogP contribution in [0.2, 0.25) is 0 Å². The topological polar surface area (TPSA) is 15.3 Å². The molecule has 1 aromatic rings. The number of rotatable bonds is 4. The van der Waals surface area contributed by atoms with Crippen LogP contribution in [0.25, 0.3) is 0 Å². The summed E-state index contributed by atoms with van der Waals surface area (Å²) in [4.78, 5) is 2.30. The number of alkyl halides is 3. The highest BCUT2D eigenvalue weighted by Gasteiger charge is 2.34. The van der Waals surface area contributed by atoms with Gasteiger partial charge in [-0.2, -0.15) is 13.2 Å². The molecule has 0 radical (unpaired) electrons. The van der Waals surface area contributed by atoms with Crippen molar-refractivity contribution in [1.82, 2.24) is 4.90 Å². The molecule has 0 bridgehead atoms. The Kier molecular flexibility index (Phi) is 4.96. The van der Waals surface area contributed by atoms with Crippen molar-refractivity contribution < 1.29 is 13.2 Å². The van der Waals surface area contributed by atoms with Gasteiger partial charge in [-0.15, -0.1) is 0 Å². The molecule has 0 aromatic heterocycles. The van der Waals surface area contributed by atoms with Gasteiger partial charge in [-0.1, -0.05) is 22.9 Å². The molecule has 1 fully saturated rings. The molecular formula is C14H18BrF3N2. The Labute approximate surface area is 125 Å². The normalized spacial score (nSPS) is 20.4. The fraction of sp³-hybridized carbons (Fsp3) is 0.571. The van der Waals surface area contributed by atoms with Crippen LogP contribution in [0.3, 0.4) is 0 Å². The van der Waals surface area contributed by atoms with E-state index >= 15 is 0 Å². The highest BCUT2D eigenvalue weighted by atomic mass is 79.9. The smallest absolute Gasteiger partial charge is 0.383 e. The van der Waals surface area contributed by atoms with Crippen LogP contribution in [0.15, 0.2) is 22.7 Å². The molecule has 2 nitrogen and oxygen atoms in total. The summed E-state index contributed by atoms with van der Waals surface area (Å²) in [6.45, 7) is 4.61. The van der Waals surface area contributed by atoms with E-state index in [1.807, 2.05) is 0 Å². The quantitative estimate of drug-likeness (QED) is 0.867. The summed E-state index contributed by atoms with van der Waals surface area (Å²) >= 11 is 3.22. The molecule has 0 amide bonds. The van der Waals surface area contributed by atoms with Gasteiger partial charge in [0.2, 0.25) is 0 Å². The van der Waals surface area contributed by atoms with Gasteiger partial charge in [-0.3, -0.25) is 4.90 Å². The molecule has 1 atom stereocenters. The monoisotopic (exact) mass is 350 g/mol. The van der Waals surface area contributed by atoms with Crippen molar-refractivity contribution >= 4 is 21.6 Å². The van der Waals surface area contributed by atoms with Gasteiger partial charge in [-0.25, -0.2) is 0 Å². The van der Waals surface area contributed by atoms with Crippen molar-refractivity contribution in [2.75, 3.05) is 25.0 Å². The SMILES string of the molecule is CCN1CCCC1CNc1cc(Br)ccc1C(F)(F)F. The number of likely N-dealkylation sites (N-methyl/N-ethyl adjacent to an activating group) is 1. The average molecular weight is 351 g/mol.